The number of aromatic nitrogens is 1. The van der Waals surface area contributed by atoms with Gasteiger partial charge in [0.2, 0.25) is 0 Å². The van der Waals surface area contributed by atoms with Gasteiger partial charge in [0.1, 0.15) is 0 Å². The van der Waals surface area contributed by atoms with Crippen molar-refractivity contribution in [3.8, 4) is 0 Å². The van der Waals surface area contributed by atoms with E-state index in [2.05, 4.69) is 58.3 Å². The van der Waals surface area contributed by atoms with E-state index in [0.29, 0.717) is 0 Å². The van der Waals surface area contributed by atoms with E-state index in [4.69, 9.17) is 5.84 Å². The first kappa shape index (κ1) is 14.2. The number of aryl methyl sites for hydroxylation is 1. The van der Waals surface area contributed by atoms with Gasteiger partial charge in [-0.25, -0.2) is 4.98 Å². The maximum atomic E-state index is 5.71. The lowest BCUT2D eigenvalue weighted by atomic mass is 10.0. The Bertz CT molecular complexity index is 735. The minimum atomic E-state index is 0.205. The zero-order valence-electron chi connectivity index (χ0n) is 12.0. The fourth-order valence-corrected chi connectivity index (χ4v) is 3.40. The van der Waals surface area contributed by atoms with Crippen molar-refractivity contribution >= 4 is 22.1 Å². The van der Waals surface area contributed by atoms with E-state index < -0.39 is 0 Å². The van der Waals surface area contributed by atoms with E-state index in [1.54, 1.807) is 11.3 Å². The smallest absolute Gasteiger partial charge is 0.0944 e. The van der Waals surface area contributed by atoms with Gasteiger partial charge in [0.25, 0.3) is 0 Å². The van der Waals surface area contributed by atoms with Gasteiger partial charge in [0, 0.05) is 23.5 Å². The monoisotopic (exact) mass is 297 g/mol. The highest BCUT2D eigenvalue weighted by atomic mass is 32.1. The molecule has 0 amide bonds. The number of benzene rings is 2. The number of nitrogens with one attached hydrogen (secondary N) is 1. The van der Waals surface area contributed by atoms with Gasteiger partial charge in [-0.05, 0) is 29.7 Å². The van der Waals surface area contributed by atoms with Crippen LogP contribution in [0.3, 0.4) is 0 Å². The summed E-state index contributed by atoms with van der Waals surface area (Å²) in [6.07, 6.45) is 1.77. The molecule has 21 heavy (non-hydrogen) atoms. The van der Waals surface area contributed by atoms with Crippen LogP contribution < -0.4 is 11.3 Å². The minimum absolute atomic E-state index is 0.205. The van der Waals surface area contributed by atoms with E-state index in [9.17, 15) is 0 Å². The van der Waals surface area contributed by atoms with E-state index >= 15 is 0 Å². The third-order valence-corrected chi connectivity index (χ3v) is 4.61. The lowest BCUT2D eigenvalue weighted by molar-refractivity contribution is 0.521. The third-order valence-electron chi connectivity index (χ3n) is 3.62. The summed E-state index contributed by atoms with van der Waals surface area (Å²) in [7, 11) is 0. The molecule has 0 bridgehead atoms. The van der Waals surface area contributed by atoms with Gasteiger partial charge < -0.3 is 0 Å². The molecule has 108 valence electrons. The van der Waals surface area contributed by atoms with E-state index in [1.807, 2.05) is 6.92 Å². The van der Waals surface area contributed by atoms with Crippen LogP contribution in [0, 0.1) is 6.92 Å². The van der Waals surface area contributed by atoms with Crippen LogP contribution in [0.2, 0.25) is 0 Å². The Morgan fingerprint density at radius 2 is 1.95 bits per heavy atom. The molecule has 3 N–H and O–H groups in total. The van der Waals surface area contributed by atoms with Crippen LogP contribution in [0.5, 0.6) is 0 Å². The molecule has 2 aromatic carbocycles. The Hall–Kier alpha value is -1.75. The maximum absolute atomic E-state index is 5.71. The van der Waals surface area contributed by atoms with Crippen LogP contribution in [0.15, 0.2) is 47.8 Å². The van der Waals surface area contributed by atoms with E-state index in [1.165, 1.54) is 16.3 Å². The van der Waals surface area contributed by atoms with Crippen molar-refractivity contribution in [3.05, 3.63) is 64.1 Å². The largest absolute Gasteiger partial charge is 0.271 e. The van der Waals surface area contributed by atoms with Crippen molar-refractivity contribution in [1.29, 1.82) is 0 Å². The molecular weight excluding hydrogens is 278 g/mol. The van der Waals surface area contributed by atoms with Crippen molar-refractivity contribution < 1.29 is 0 Å². The van der Waals surface area contributed by atoms with Crippen LogP contribution in [-0.2, 0) is 12.8 Å². The topological polar surface area (TPSA) is 50.9 Å². The first-order valence-electron chi connectivity index (χ1n) is 7.09. The highest BCUT2D eigenvalue weighted by molar-refractivity contribution is 7.09. The van der Waals surface area contributed by atoms with E-state index in [-0.39, 0.29) is 6.04 Å². The van der Waals surface area contributed by atoms with Crippen molar-refractivity contribution in [1.82, 2.24) is 10.4 Å². The van der Waals surface area contributed by atoms with Crippen molar-refractivity contribution in [2.75, 3.05) is 0 Å². The summed E-state index contributed by atoms with van der Waals surface area (Å²) < 4.78 is 0. The Morgan fingerprint density at radius 1 is 1.14 bits per heavy atom. The van der Waals surface area contributed by atoms with Gasteiger partial charge in [0.15, 0.2) is 0 Å². The Kier molecular flexibility index (Phi) is 4.29. The van der Waals surface area contributed by atoms with Gasteiger partial charge in [-0.2, -0.15) is 0 Å². The van der Waals surface area contributed by atoms with Crippen LogP contribution in [-0.4, -0.2) is 11.0 Å². The van der Waals surface area contributed by atoms with Crippen LogP contribution >= 0.6 is 11.3 Å². The lowest BCUT2D eigenvalue weighted by Gasteiger charge is -2.15. The molecule has 3 aromatic rings. The molecule has 0 aliphatic heterocycles. The van der Waals surface area contributed by atoms with Gasteiger partial charge in [-0.15, -0.1) is 11.3 Å². The molecule has 3 rings (SSSR count). The molecule has 4 heteroatoms. The fourth-order valence-electron chi connectivity index (χ4n) is 2.55. The second kappa shape index (κ2) is 6.35. The molecule has 0 aliphatic carbocycles. The molecule has 3 nitrogen and oxygen atoms in total. The number of hydrogen-bond acceptors (Lipinski definition) is 4. The number of nitrogens with zero attached hydrogens (tertiary/aromatic N) is 1. The number of hydrogen-bond donors (Lipinski definition) is 2. The van der Waals surface area contributed by atoms with E-state index in [0.717, 1.165) is 23.5 Å². The average Bonchev–Trinajstić information content (AvgIpc) is 2.91. The number of nitrogens with two attached hydrogens (primary N) is 1. The molecule has 1 aromatic heterocycles. The molecule has 0 aliphatic rings. The number of fused-ring (bicyclic) bond motifs is 1. The standard InChI is InChI=1S/C17H19N3S/c1-12-11-21-17(19-12)10-16(20-18)9-13-6-7-14-4-2-3-5-15(14)8-13/h2-8,11,16,20H,9-10,18H2,1H3. The zero-order chi connectivity index (χ0) is 14.7. The van der Waals surface area contributed by atoms with Gasteiger partial charge in [0.05, 0.1) is 5.01 Å². The lowest BCUT2D eigenvalue weighted by Crippen LogP contribution is -2.38. The van der Waals surface area contributed by atoms with Crippen molar-refractivity contribution in [2.24, 2.45) is 5.84 Å². The van der Waals surface area contributed by atoms with Gasteiger partial charge in [-0.1, -0.05) is 42.5 Å². The summed E-state index contributed by atoms with van der Waals surface area (Å²) in [6.45, 7) is 2.02. The molecule has 1 atom stereocenters. The molecule has 1 unspecified atom stereocenters. The average molecular weight is 297 g/mol. The molecule has 0 fully saturated rings. The van der Waals surface area contributed by atoms with Crippen LogP contribution in [0.25, 0.3) is 10.8 Å². The summed E-state index contributed by atoms with van der Waals surface area (Å²) in [4.78, 5) is 4.51. The first-order chi connectivity index (χ1) is 10.2. The normalized spacial score (nSPS) is 12.7. The third kappa shape index (κ3) is 3.47. The predicted molar refractivity (Wildman–Crippen MR) is 89.3 cm³/mol. The van der Waals surface area contributed by atoms with Crippen LogP contribution in [0.1, 0.15) is 16.3 Å². The summed E-state index contributed by atoms with van der Waals surface area (Å²) in [5.74, 6) is 5.71. The second-order valence-corrected chi connectivity index (χ2v) is 6.28. The predicted octanol–water partition coefficient (Wildman–Crippen LogP) is 3.22. The quantitative estimate of drug-likeness (QED) is 0.561. The summed E-state index contributed by atoms with van der Waals surface area (Å²) in [5.41, 5.74) is 5.30. The molecule has 0 saturated carbocycles. The summed E-state index contributed by atoms with van der Waals surface area (Å²) in [6, 6.07) is 15.2. The SMILES string of the molecule is Cc1csc(CC(Cc2ccc3ccccc3c2)NN)n1. The maximum Gasteiger partial charge on any atom is 0.0944 e. The van der Waals surface area contributed by atoms with Crippen LogP contribution in [0.4, 0.5) is 0 Å². The Labute approximate surface area is 128 Å². The fraction of sp³-hybridized carbons (Fsp3) is 0.235. The Morgan fingerprint density at radius 3 is 2.67 bits per heavy atom. The first-order valence-corrected chi connectivity index (χ1v) is 7.97. The summed E-state index contributed by atoms with van der Waals surface area (Å²) in [5, 5.41) is 5.76. The number of thiazole rings is 1. The molecular formula is C17H19N3S. The number of rotatable bonds is 5. The minimum Gasteiger partial charge on any atom is -0.271 e. The second-order valence-electron chi connectivity index (χ2n) is 5.34. The highest BCUT2D eigenvalue weighted by Crippen LogP contribution is 2.18. The van der Waals surface area contributed by atoms with Gasteiger partial charge >= 0.3 is 0 Å². The van der Waals surface area contributed by atoms with Crippen molar-refractivity contribution in [3.63, 3.8) is 0 Å². The molecule has 1 heterocycles. The zero-order valence-corrected chi connectivity index (χ0v) is 12.9. The molecule has 0 radical (unpaired) electrons. The molecule has 0 spiro atoms. The summed E-state index contributed by atoms with van der Waals surface area (Å²) >= 11 is 1.70. The highest BCUT2D eigenvalue weighted by Gasteiger charge is 2.11. The van der Waals surface area contributed by atoms with Gasteiger partial charge in [-0.3, -0.25) is 11.3 Å². The van der Waals surface area contributed by atoms with Crippen molar-refractivity contribution in [2.45, 2.75) is 25.8 Å². The molecule has 0 saturated heterocycles. The Balaban J connectivity index is 1.75. The number of hydrazine groups is 1.